The number of aliphatic hydroxyl groups is 1. The van der Waals surface area contributed by atoms with E-state index in [0.717, 1.165) is 24.8 Å². The van der Waals surface area contributed by atoms with Crippen molar-refractivity contribution in [2.75, 3.05) is 6.54 Å². The fourth-order valence-electron chi connectivity index (χ4n) is 3.55. The summed E-state index contributed by atoms with van der Waals surface area (Å²) in [5.74, 6) is 0.931. The van der Waals surface area contributed by atoms with Crippen LogP contribution >= 0.6 is 11.3 Å². The minimum atomic E-state index is -0.550. The molecule has 1 N–H and O–H groups in total. The van der Waals surface area contributed by atoms with E-state index in [4.69, 9.17) is 4.52 Å². The normalized spacial score (nSPS) is 24.0. The van der Waals surface area contributed by atoms with E-state index in [1.807, 2.05) is 5.38 Å². The minimum Gasteiger partial charge on any atom is -0.391 e. The van der Waals surface area contributed by atoms with Gasteiger partial charge in [-0.1, -0.05) is 5.16 Å². The van der Waals surface area contributed by atoms with Gasteiger partial charge in [-0.05, 0) is 38.2 Å². The SMILES string of the molecule is Cc1noc([C@H]2C[C@H](O)CN2C(=O)c2csc3c2CCCC3)n1. The highest BCUT2D eigenvalue weighted by Crippen LogP contribution is 2.36. The number of β-amino-alcohol motifs (C(OH)–C–C–N with tert-alkyl or cyclic N) is 1. The number of hydrogen-bond donors (Lipinski definition) is 1. The summed E-state index contributed by atoms with van der Waals surface area (Å²) < 4.78 is 5.24. The Labute approximate surface area is 138 Å². The van der Waals surface area contributed by atoms with E-state index in [9.17, 15) is 9.90 Å². The van der Waals surface area contributed by atoms with E-state index in [0.29, 0.717) is 24.7 Å². The zero-order chi connectivity index (χ0) is 16.0. The summed E-state index contributed by atoms with van der Waals surface area (Å²) in [7, 11) is 0. The summed E-state index contributed by atoms with van der Waals surface area (Å²) in [6.07, 6.45) is 4.28. The zero-order valence-electron chi connectivity index (χ0n) is 13.0. The van der Waals surface area contributed by atoms with Gasteiger partial charge in [-0.3, -0.25) is 4.79 Å². The Morgan fingerprint density at radius 3 is 3.04 bits per heavy atom. The summed E-state index contributed by atoms with van der Waals surface area (Å²) in [6.45, 7) is 2.06. The lowest BCUT2D eigenvalue weighted by Gasteiger charge is -2.22. The maximum absolute atomic E-state index is 13.0. The van der Waals surface area contributed by atoms with Crippen LogP contribution in [0.2, 0.25) is 0 Å². The van der Waals surface area contributed by atoms with Crippen LogP contribution in [0.15, 0.2) is 9.90 Å². The van der Waals surface area contributed by atoms with Gasteiger partial charge in [0, 0.05) is 23.2 Å². The van der Waals surface area contributed by atoms with Gasteiger partial charge in [0.15, 0.2) is 5.82 Å². The number of thiophene rings is 1. The van der Waals surface area contributed by atoms with Gasteiger partial charge in [0.1, 0.15) is 6.04 Å². The molecule has 0 radical (unpaired) electrons. The van der Waals surface area contributed by atoms with Crippen molar-refractivity contribution in [1.82, 2.24) is 15.0 Å². The zero-order valence-corrected chi connectivity index (χ0v) is 13.8. The number of amides is 1. The van der Waals surface area contributed by atoms with Crippen LogP contribution in [-0.2, 0) is 12.8 Å². The van der Waals surface area contributed by atoms with Crippen molar-refractivity contribution in [3.8, 4) is 0 Å². The molecular weight excluding hydrogens is 314 g/mol. The topological polar surface area (TPSA) is 79.5 Å². The van der Waals surface area contributed by atoms with E-state index in [1.165, 1.54) is 16.9 Å². The van der Waals surface area contributed by atoms with E-state index >= 15 is 0 Å². The van der Waals surface area contributed by atoms with Crippen molar-refractivity contribution in [3.05, 3.63) is 33.1 Å². The molecule has 1 amide bonds. The van der Waals surface area contributed by atoms with E-state index in [1.54, 1.807) is 23.2 Å². The summed E-state index contributed by atoms with van der Waals surface area (Å²) in [5, 5.41) is 15.8. The maximum atomic E-state index is 13.0. The standard InChI is InChI=1S/C16H19N3O3S/c1-9-17-15(22-18-9)13-6-10(20)7-19(13)16(21)12-8-23-14-5-3-2-4-11(12)14/h8,10,13,20H,2-7H2,1H3/t10-,13+/m0/s1. The van der Waals surface area contributed by atoms with Crippen molar-refractivity contribution >= 4 is 17.2 Å². The molecule has 1 aliphatic heterocycles. The van der Waals surface area contributed by atoms with Gasteiger partial charge in [0.25, 0.3) is 5.91 Å². The first-order valence-electron chi connectivity index (χ1n) is 8.02. The van der Waals surface area contributed by atoms with Crippen molar-refractivity contribution in [1.29, 1.82) is 0 Å². The fraction of sp³-hybridized carbons (Fsp3) is 0.562. The molecule has 23 heavy (non-hydrogen) atoms. The second-order valence-electron chi connectivity index (χ2n) is 6.30. The molecule has 1 fully saturated rings. The van der Waals surface area contributed by atoms with Gasteiger partial charge in [-0.2, -0.15) is 4.98 Å². The molecule has 0 saturated carbocycles. The monoisotopic (exact) mass is 333 g/mol. The Balaban J connectivity index is 1.65. The highest BCUT2D eigenvalue weighted by Gasteiger charge is 2.40. The third kappa shape index (κ3) is 2.57. The van der Waals surface area contributed by atoms with Crippen LogP contribution < -0.4 is 0 Å². The number of carbonyl (C=O) groups excluding carboxylic acids is 1. The summed E-state index contributed by atoms with van der Waals surface area (Å²) in [4.78, 5) is 20.3. The molecule has 2 aliphatic rings. The molecule has 0 aromatic carbocycles. The Kier molecular flexibility index (Phi) is 3.69. The molecule has 2 atom stereocenters. The van der Waals surface area contributed by atoms with Crippen LogP contribution in [-0.4, -0.2) is 38.7 Å². The molecule has 1 saturated heterocycles. The average Bonchev–Trinajstić information content (AvgIpc) is 3.24. The predicted octanol–water partition coefficient (Wildman–Crippen LogP) is 2.27. The van der Waals surface area contributed by atoms with Gasteiger partial charge >= 0.3 is 0 Å². The van der Waals surface area contributed by atoms with E-state index < -0.39 is 6.10 Å². The third-order valence-corrected chi connectivity index (χ3v) is 5.75. The summed E-state index contributed by atoms with van der Waals surface area (Å²) in [5.41, 5.74) is 1.99. The minimum absolute atomic E-state index is 0.0261. The Morgan fingerprint density at radius 1 is 1.43 bits per heavy atom. The highest BCUT2D eigenvalue weighted by molar-refractivity contribution is 7.10. The lowest BCUT2D eigenvalue weighted by atomic mass is 9.95. The number of hydrogen-bond acceptors (Lipinski definition) is 6. The number of rotatable bonds is 2. The van der Waals surface area contributed by atoms with Gasteiger partial charge in [-0.15, -0.1) is 11.3 Å². The molecule has 0 spiro atoms. The second-order valence-corrected chi connectivity index (χ2v) is 7.27. The lowest BCUT2D eigenvalue weighted by Crippen LogP contribution is -2.32. The summed E-state index contributed by atoms with van der Waals surface area (Å²) >= 11 is 1.68. The van der Waals surface area contributed by atoms with Crippen LogP contribution in [0.4, 0.5) is 0 Å². The maximum Gasteiger partial charge on any atom is 0.255 e. The predicted molar refractivity (Wildman–Crippen MR) is 84.4 cm³/mol. The largest absolute Gasteiger partial charge is 0.391 e. The molecule has 7 heteroatoms. The van der Waals surface area contributed by atoms with Crippen molar-refractivity contribution in [2.24, 2.45) is 0 Å². The number of carbonyl (C=O) groups is 1. The number of fused-ring (bicyclic) bond motifs is 1. The first-order chi connectivity index (χ1) is 11.1. The number of aromatic nitrogens is 2. The third-order valence-electron chi connectivity index (χ3n) is 4.66. The molecule has 4 rings (SSSR count). The highest BCUT2D eigenvalue weighted by atomic mass is 32.1. The average molecular weight is 333 g/mol. The number of aliphatic hydroxyl groups excluding tert-OH is 1. The first-order valence-corrected chi connectivity index (χ1v) is 8.90. The van der Waals surface area contributed by atoms with Crippen LogP contribution in [0.5, 0.6) is 0 Å². The van der Waals surface area contributed by atoms with Crippen molar-refractivity contribution < 1.29 is 14.4 Å². The summed E-state index contributed by atoms with van der Waals surface area (Å²) in [6, 6.07) is -0.335. The van der Waals surface area contributed by atoms with Crippen LogP contribution in [0, 0.1) is 6.92 Å². The molecule has 0 unspecified atom stereocenters. The number of nitrogens with zero attached hydrogens (tertiary/aromatic N) is 3. The molecule has 2 aromatic heterocycles. The molecule has 6 nitrogen and oxygen atoms in total. The lowest BCUT2D eigenvalue weighted by molar-refractivity contribution is 0.0692. The van der Waals surface area contributed by atoms with Gasteiger partial charge in [0.05, 0.1) is 11.7 Å². The number of likely N-dealkylation sites (tertiary alicyclic amines) is 1. The molecule has 122 valence electrons. The van der Waals surface area contributed by atoms with Gasteiger partial charge in [0.2, 0.25) is 5.89 Å². The molecular formula is C16H19N3O3S. The van der Waals surface area contributed by atoms with E-state index in [2.05, 4.69) is 10.1 Å². The Morgan fingerprint density at radius 2 is 2.26 bits per heavy atom. The molecule has 3 heterocycles. The second kappa shape index (κ2) is 5.72. The van der Waals surface area contributed by atoms with Crippen LogP contribution in [0.3, 0.4) is 0 Å². The van der Waals surface area contributed by atoms with Crippen molar-refractivity contribution in [3.63, 3.8) is 0 Å². The Bertz CT molecular complexity index is 739. The Hall–Kier alpha value is -1.73. The molecule has 1 aliphatic carbocycles. The van der Waals surface area contributed by atoms with Crippen LogP contribution in [0.1, 0.15) is 57.8 Å². The van der Waals surface area contributed by atoms with Crippen LogP contribution in [0.25, 0.3) is 0 Å². The fourth-order valence-corrected chi connectivity index (χ4v) is 4.67. The molecule has 0 bridgehead atoms. The van der Waals surface area contributed by atoms with Gasteiger partial charge < -0.3 is 14.5 Å². The first kappa shape index (κ1) is 14.8. The van der Waals surface area contributed by atoms with E-state index in [-0.39, 0.29) is 11.9 Å². The smallest absolute Gasteiger partial charge is 0.255 e. The van der Waals surface area contributed by atoms with Crippen molar-refractivity contribution in [2.45, 2.75) is 51.2 Å². The van der Waals surface area contributed by atoms with Gasteiger partial charge in [-0.25, -0.2) is 0 Å². The quantitative estimate of drug-likeness (QED) is 0.912. The molecule has 2 aromatic rings. The number of aryl methyl sites for hydroxylation is 2.